The number of anilines is 4. The fourth-order valence-electron chi connectivity index (χ4n) is 4.29. The molecule has 1 saturated heterocycles. The van der Waals surface area contributed by atoms with Crippen molar-refractivity contribution in [3.05, 3.63) is 69.3 Å². The minimum atomic E-state index is -0.428. The minimum absolute atomic E-state index is 0.0733. The molecule has 0 radical (unpaired) electrons. The van der Waals surface area contributed by atoms with Gasteiger partial charge in [-0.2, -0.15) is 4.98 Å². The molecule has 12 nitrogen and oxygen atoms in total. The lowest BCUT2D eigenvalue weighted by atomic mass is 10.2. The van der Waals surface area contributed by atoms with Crippen molar-refractivity contribution in [2.75, 3.05) is 55.1 Å². The van der Waals surface area contributed by atoms with E-state index < -0.39 is 4.92 Å². The number of methoxy groups -OCH3 is 1. The van der Waals surface area contributed by atoms with Gasteiger partial charge in [-0.1, -0.05) is 11.6 Å². The molecule has 36 heavy (non-hydrogen) atoms. The number of nitrogens with one attached hydrogen (secondary N) is 1. The van der Waals surface area contributed by atoms with Crippen molar-refractivity contribution in [2.45, 2.75) is 0 Å². The lowest BCUT2D eigenvalue weighted by Crippen LogP contribution is -2.36. The Morgan fingerprint density at radius 3 is 2.81 bits per heavy atom. The molecule has 0 bridgehead atoms. The maximum Gasteiger partial charge on any atom is 0.294 e. The highest BCUT2D eigenvalue weighted by Gasteiger charge is 2.29. The van der Waals surface area contributed by atoms with E-state index in [2.05, 4.69) is 15.3 Å². The topological polar surface area (TPSA) is 126 Å². The van der Waals surface area contributed by atoms with Crippen LogP contribution in [-0.4, -0.2) is 66.2 Å². The van der Waals surface area contributed by atoms with Gasteiger partial charge >= 0.3 is 0 Å². The first-order valence-electron chi connectivity index (χ1n) is 11.1. The molecule has 1 N–H and O–H groups in total. The number of hydrogen-bond acceptors (Lipinski definition) is 10. The Labute approximate surface area is 211 Å². The number of rotatable bonds is 7. The van der Waals surface area contributed by atoms with E-state index in [1.807, 2.05) is 22.0 Å². The number of morpholine rings is 1. The SMILES string of the molecule is COc1cc(N2CCOCC2)c([N+](=O)[O-])cc1Nc1ncc(Cl)c(N2CC=C3C2=CC=CN3C=O)n1. The van der Waals surface area contributed by atoms with Crippen LogP contribution in [0, 0.1) is 10.1 Å². The lowest BCUT2D eigenvalue weighted by molar-refractivity contribution is -0.384. The summed E-state index contributed by atoms with van der Waals surface area (Å²) in [5.41, 5.74) is 2.21. The molecule has 0 aliphatic carbocycles. The van der Waals surface area contributed by atoms with Crippen molar-refractivity contribution in [1.82, 2.24) is 14.9 Å². The highest BCUT2D eigenvalue weighted by atomic mass is 35.5. The molecular formula is C23H22ClN7O5. The molecule has 0 atom stereocenters. The molecular weight excluding hydrogens is 490 g/mol. The number of carbonyl (C=O) groups is 1. The Bertz CT molecular complexity index is 1310. The van der Waals surface area contributed by atoms with Crippen LogP contribution in [0.15, 0.2) is 54.2 Å². The number of fused-ring (bicyclic) bond motifs is 1. The maximum absolute atomic E-state index is 11.9. The third-order valence-corrected chi connectivity index (χ3v) is 6.25. The summed E-state index contributed by atoms with van der Waals surface area (Å²) in [6.45, 7) is 2.51. The van der Waals surface area contributed by atoms with Crippen LogP contribution in [0.4, 0.5) is 28.8 Å². The van der Waals surface area contributed by atoms with Gasteiger partial charge in [0.05, 0.1) is 48.5 Å². The van der Waals surface area contributed by atoms with Crippen LogP contribution in [0.2, 0.25) is 5.02 Å². The second-order valence-corrected chi connectivity index (χ2v) is 8.40. The number of ether oxygens (including phenoxy) is 2. The molecule has 3 aliphatic heterocycles. The predicted molar refractivity (Wildman–Crippen MR) is 134 cm³/mol. The molecule has 4 heterocycles. The summed E-state index contributed by atoms with van der Waals surface area (Å²) in [6.07, 6.45) is 9.36. The third kappa shape index (κ3) is 4.32. The van der Waals surface area contributed by atoms with Crippen molar-refractivity contribution in [3.8, 4) is 5.75 Å². The van der Waals surface area contributed by atoms with E-state index in [1.54, 1.807) is 18.3 Å². The summed E-state index contributed by atoms with van der Waals surface area (Å²) >= 11 is 6.44. The van der Waals surface area contributed by atoms with Crippen molar-refractivity contribution in [1.29, 1.82) is 0 Å². The van der Waals surface area contributed by atoms with Crippen LogP contribution < -0.4 is 19.9 Å². The van der Waals surface area contributed by atoms with E-state index in [1.165, 1.54) is 24.3 Å². The Hall–Kier alpha value is -4.16. The molecule has 0 spiro atoms. The summed E-state index contributed by atoms with van der Waals surface area (Å²) in [7, 11) is 1.49. The molecule has 3 aliphatic rings. The Balaban J connectivity index is 1.47. The van der Waals surface area contributed by atoms with Crippen molar-refractivity contribution >= 4 is 46.8 Å². The average molecular weight is 512 g/mol. The number of allylic oxidation sites excluding steroid dienone is 2. The number of nitrogens with zero attached hydrogens (tertiary/aromatic N) is 6. The summed E-state index contributed by atoms with van der Waals surface area (Å²) in [5, 5.41) is 15.2. The van der Waals surface area contributed by atoms with Gasteiger partial charge in [0, 0.05) is 38.0 Å². The largest absolute Gasteiger partial charge is 0.494 e. The first-order valence-corrected chi connectivity index (χ1v) is 11.5. The molecule has 0 unspecified atom stereocenters. The Kier molecular flexibility index (Phi) is 6.44. The van der Waals surface area contributed by atoms with Gasteiger partial charge in [0.15, 0.2) is 5.82 Å². The summed E-state index contributed by atoms with van der Waals surface area (Å²) in [5.74, 6) is 0.994. The zero-order chi connectivity index (χ0) is 25.2. The molecule has 186 valence electrons. The highest BCUT2D eigenvalue weighted by Crippen LogP contribution is 2.40. The summed E-state index contributed by atoms with van der Waals surface area (Å²) in [4.78, 5) is 36.9. The molecule has 13 heteroatoms. The lowest BCUT2D eigenvalue weighted by Gasteiger charge is -2.29. The second kappa shape index (κ2) is 9.84. The van der Waals surface area contributed by atoms with Crippen LogP contribution in [0.3, 0.4) is 0 Å². The van der Waals surface area contributed by atoms with Gasteiger partial charge in [0.25, 0.3) is 5.69 Å². The van der Waals surface area contributed by atoms with Crippen LogP contribution in [-0.2, 0) is 9.53 Å². The van der Waals surface area contributed by atoms with Crippen molar-refractivity contribution in [3.63, 3.8) is 0 Å². The van der Waals surface area contributed by atoms with E-state index in [-0.39, 0.29) is 11.6 Å². The van der Waals surface area contributed by atoms with Gasteiger partial charge in [0.1, 0.15) is 16.5 Å². The highest BCUT2D eigenvalue weighted by molar-refractivity contribution is 6.33. The number of nitro benzene ring substituents is 1. The quantitative estimate of drug-likeness (QED) is 0.336. The van der Waals surface area contributed by atoms with Crippen LogP contribution >= 0.6 is 11.6 Å². The molecule has 5 rings (SSSR count). The smallest absolute Gasteiger partial charge is 0.294 e. The zero-order valence-corrected chi connectivity index (χ0v) is 20.0. The van der Waals surface area contributed by atoms with Gasteiger partial charge in [-0.3, -0.25) is 19.8 Å². The maximum atomic E-state index is 11.9. The number of carbonyl (C=O) groups excluding carboxylic acids is 1. The van der Waals surface area contributed by atoms with E-state index in [0.29, 0.717) is 60.8 Å². The summed E-state index contributed by atoms with van der Waals surface area (Å²) < 4.78 is 10.9. The fraction of sp³-hybridized carbons (Fsp3) is 0.261. The number of aromatic nitrogens is 2. The molecule has 0 saturated carbocycles. The Morgan fingerprint density at radius 2 is 2.08 bits per heavy atom. The minimum Gasteiger partial charge on any atom is -0.494 e. The predicted octanol–water partition coefficient (Wildman–Crippen LogP) is 3.20. The monoisotopic (exact) mass is 511 g/mol. The number of hydrogen-bond donors (Lipinski definition) is 1. The van der Waals surface area contributed by atoms with E-state index in [0.717, 1.165) is 17.8 Å². The van der Waals surface area contributed by atoms with Gasteiger partial charge in [0.2, 0.25) is 12.4 Å². The molecule has 2 aromatic rings. The number of nitro groups is 1. The van der Waals surface area contributed by atoms with Gasteiger partial charge in [-0.15, -0.1) is 0 Å². The fourth-order valence-corrected chi connectivity index (χ4v) is 4.48. The second-order valence-electron chi connectivity index (χ2n) is 7.99. The van der Waals surface area contributed by atoms with Gasteiger partial charge in [-0.25, -0.2) is 4.98 Å². The van der Waals surface area contributed by atoms with Crippen LogP contribution in [0.1, 0.15) is 0 Å². The number of benzene rings is 1. The van der Waals surface area contributed by atoms with E-state index >= 15 is 0 Å². The van der Waals surface area contributed by atoms with Crippen LogP contribution in [0.25, 0.3) is 0 Å². The van der Waals surface area contributed by atoms with Crippen molar-refractivity contribution in [2.24, 2.45) is 0 Å². The first kappa shape index (κ1) is 23.6. The average Bonchev–Trinajstić information content (AvgIpc) is 3.34. The first-order chi connectivity index (χ1) is 17.5. The number of amides is 1. The molecule has 1 fully saturated rings. The molecule has 1 aromatic heterocycles. The molecule has 1 amide bonds. The standard InChI is InChI=1S/C23H22ClN7O5/c1-35-21-12-19(28-7-9-36-10-8-28)20(31(33)34)11-16(21)26-23-25-13-15(24)22(27-23)30-6-4-17-18(30)3-2-5-29(17)14-32/h2-5,11-14H,6-10H2,1H3,(H,25,26,27). The van der Waals surface area contributed by atoms with Gasteiger partial charge in [-0.05, 0) is 18.2 Å². The van der Waals surface area contributed by atoms with Gasteiger partial charge < -0.3 is 24.6 Å². The normalized spacial score (nSPS) is 16.9. The molecule has 1 aromatic carbocycles. The van der Waals surface area contributed by atoms with Crippen molar-refractivity contribution < 1.29 is 19.2 Å². The Morgan fingerprint density at radius 1 is 1.28 bits per heavy atom. The summed E-state index contributed by atoms with van der Waals surface area (Å²) in [6, 6.07) is 3.04. The van der Waals surface area contributed by atoms with Crippen LogP contribution in [0.5, 0.6) is 5.75 Å². The van der Waals surface area contributed by atoms with E-state index in [4.69, 9.17) is 21.1 Å². The number of halogens is 1. The third-order valence-electron chi connectivity index (χ3n) is 5.99. The zero-order valence-electron chi connectivity index (χ0n) is 19.3. The van der Waals surface area contributed by atoms with E-state index in [9.17, 15) is 14.9 Å².